The van der Waals surface area contributed by atoms with Gasteiger partial charge in [-0.15, -0.1) is 0 Å². The monoisotopic (exact) mass is 247 g/mol. The molecule has 1 atom stereocenters. The van der Waals surface area contributed by atoms with Gasteiger partial charge >= 0.3 is 5.97 Å². The quantitative estimate of drug-likeness (QED) is 0.553. The van der Waals surface area contributed by atoms with Crippen molar-refractivity contribution in [1.29, 1.82) is 0 Å². The molecule has 5 heteroatoms. The summed E-state index contributed by atoms with van der Waals surface area (Å²) >= 11 is 0. The lowest BCUT2D eigenvalue weighted by atomic mass is 10.2. The highest BCUT2D eigenvalue weighted by molar-refractivity contribution is 7.85. The predicted octanol–water partition coefficient (Wildman–Crippen LogP) is 2.25. The lowest BCUT2D eigenvalue weighted by molar-refractivity contribution is -0.142. The van der Waals surface area contributed by atoms with Gasteiger partial charge in [0.2, 0.25) is 0 Å². The summed E-state index contributed by atoms with van der Waals surface area (Å²) in [5.74, 6) is -0.237. The van der Waals surface area contributed by atoms with Gasteiger partial charge < -0.3 is 4.74 Å². The maximum Gasteiger partial charge on any atom is 0.306 e. The third-order valence-corrected chi connectivity index (χ3v) is 3.28. The Morgan fingerprint density at radius 2 is 1.88 bits per heavy atom. The Morgan fingerprint density at radius 1 is 1.31 bits per heavy atom. The van der Waals surface area contributed by atoms with E-state index in [1.165, 1.54) is 0 Å². The summed E-state index contributed by atoms with van der Waals surface area (Å²) in [6.07, 6.45) is 0.797. The van der Waals surface area contributed by atoms with Crippen molar-refractivity contribution in [2.45, 2.75) is 52.2 Å². The molecule has 0 aliphatic heterocycles. The predicted molar refractivity (Wildman–Crippen MR) is 66.9 cm³/mol. The molecule has 94 valence electrons. The van der Waals surface area contributed by atoms with Crippen molar-refractivity contribution >= 4 is 22.7 Å². The van der Waals surface area contributed by atoms with E-state index >= 15 is 0 Å². The van der Waals surface area contributed by atoms with Crippen LogP contribution in [-0.2, 0) is 20.5 Å². The van der Waals surface area contributed by atoms with Crippen LogP contribution in [0.25, 0.3) is 0 Å². The van der Waals surface area contributed by atoms with Gasteiger partial charge in [0, 0.05) is 5.71 Å². The van der Waals surface area contributed by atoms with Crippen LogP contribution in [0.3, 0.4) is 0 Å². The first-order valence-corrected chi connectivity index (χ1v) is 6.49. The van der Waals surface area contributed by atoms with Gasteiger partial charge in [0.1, 0.15) is 11.0 Å². The van der Waals surface area contributed by atoms with Crippen LogP contribution < -0.4 is 0 Å². The van der Waals surface area contributed by atoms with E-state index in [9.17, 15) is 9.00 Å². The highest BCUT2D eigenvalue weighted by Gasteiger charge is 2.19. The fraction of sp³-hybridized carbons (Fsp3) is 0.818. The molecule has 0 aromatic rings. The average Bonchev–Trinajstić information content (AvgIpc) is 2.13. The SMILES string of the molecule is CCOC(=O)CC/C(C)=N\[S@@](=O)C(C)(C)C. The highest BCUT2D eigenvalue weighted by atomic mass is 32.2. The number of ether oxygens (including phenoxy) is 1. The van der Waals surface area contributed by atoms with Crippen molar-refractivity contribution in [3.8, 4) is 0 Å². The van der Waals surface area contributed by atoms with Crippen LogP contribution in [0.1, 0.15) is 47.5 Å². The Balaban J connectivity index is 4.16. The molecular weight excluding hydrogens is 226 g/mol. The molecule has 0 unspecified atom stereocenters. The standard InChI is InChI=1S/C11H21NO3S/c1-6-15-10(13)8-7-9(2)12-16(14)11(3,4)5/h6-8H2,1-5H3/b12-9-/t16-/m0/s1. The lowest BCUT2D eigenvalue weighted by Gasteiger charge is -2.13. The maximum absolute atomic E-state index is 11.7. The minimum absolute atomic E-state index is 0.237. The van der Waals surface area contributed by atoms with Gasteiger partial charge in [-0.05, 0) is 41.0 Å². The Labute approximate surface area is 100 Å². The first-order valence-electron chi connectivity index (χ1n) is 5.39. The number of hydrogen-bond donors (Lipinski definition) is 0. The minimum atomic E-state index is -1.25. The first kappa shape index (κ1) is 15.3. The molecule has 0 radical (unpaired) electrons. The molecule has 0 heterocycles. The zero-order chi connectivity index (χ0) is 12.8. The third kappa shape index (κ3) is 6.71. The second kappa shape index (κ2) is 6.78. The molecule has 0 aliphatic carbocycles. The Hall–Kier alpha value is -0.710. The summed E-state index contributed by atoms with van der Waals surface area (Å²) in [6.45, 7) is 9.54. The fourth-order valence-corrected chi connectivity index (χ4v) is 1.49. The normalized spacial score (nSPS) is 14.7. The molecule has 0 bridgehead atoms. The van der Waals surface area contributed by atoms with E-state index in [0.717, 1.165) is 5.71 Å². The fourth-order valence-electron chi connectivity index (χ4n) is 0.840. The van der Waals surface area contributed by atoms with Crippen molar-refractivity contribution in [2.24, 2.45) is 4.40 Å². The number of carbonyl (C=O) groups excluding carboxylic acids is 1. The molecule has 0 aliphatic rings. The number of rotatable bonds is 5. The summed E-state index contributed by atoms with van der Waals surface area (Å²) in [5, 5.41) is 0. The summed E-state index contributed by atoms with van der Waals surface area (Å²) in [4.78, 5) is 11.1. The van der Waals surface area contributed by atoms with Gasteiger partial charge in [0.25, 0.3) is 0 Å². The van der Waals surface area contributed by atoms with Gasteiger partial charge in [-0.3, -0.25) is 4.79 Å². The second-order valence-electron chi connectivity index (χ2n) is 4.49. The van der Waals surface area contributed by atoms with Gasteiger partial charge in [-0.25, -0.2) is 4.21 Å². The molecule has 0 aromatic carbocycles. The topological polar surface area (TPSA) is 55.7 Å². The summed E-state index contributed by atoms with van der Waals surface area (Å²) in [5.41, 5.74) is 0.723. The minimum Gasteiger partial charge on any atom is -0.466 e. The van der Waals surface area contributed by atoms with Crippen molar-refractivity contribution in [3.63, 3.8) is 0 Å². The Bertz CT molecular complexity index is 292. The van der Waals surface area contributed by atoms with Crippen LogP contribution >= 0.6 is 0 Å². The lowest BCUT2D eigenvalue weighted by Crippen LogP contribution is -2.20. The van der Waals surface area contributed by atoms with E-state index in [4.69, 9.17) is 4.74 Å². The molecule has 0 rings (SSSR count). The molecule has 0 fully saturated rings. The molecule has 0 saturated heterocycles. The molecule has 16 heavy (non-hydrogen) atoms. The van der Waals surface area contributed by atoms with Crippen LogP contribution in [0.4, 0.5) is 0 Å². The Kier molecular flexibility index (Phi) is 6.48. The van der Waals surface area contributed by atoms with Crippen molar-refractivity contribution in [2.75, 3.05) is 6.61 Å². The molecule has 0 saturated carbocycles. The van der Waals surface area contributed by atoms with E-state index in [2.05, 4.69) is 4.40 Å². The Morgan fingerprint density at radius 3 is 2.31 bits per heavy atom. The van der Waals surface area contributed by atoms with Crippen LogP contribution in [0.2, 0.25) is 0 Å². The summed E-state index contributed by atoms with van der Waals surface area (Å²) in [7, 11) is -1.25. The highest BCUT2D eigenvalue weighted by Crippen LogP contribution is 2.13. The van der Waals surface area contributed by atoms with E-state index in [1.54, 1.807) is 13.8 Å². The van der Waals surface area contributed by atoms with Crippen LogP contribution in [0, 0.1) is 0 Å². The van der Waals surface area contributed by atoms with Crippen molar-refractivity contribution in [1.82, 2.24) is 0 Å². The molecule has 4 nitrogen and oxygen atoms in total. The zero-order valence-electron chi connectivity index (χ0n) is 10.7. The van der Waals surface area contributed by atoms with Crippen molar-refractivity contribution < 1.29 is 13.7 Å². The maximum atomic E-state index is 11.7. The molecular formula is C11H21NO3S. The number of hydrogen-bond acceptors (Lipinski definition) is 3. The summed E-state index contributed by atoms with van der Waals surface area (Å²) < 4.78 is 20.2. The smallest absolute Gasteiger partial charge is 0.306 e. The van der Waals surface area contributed by atoms with Crippen LogP contribution in [0.15, 0.2) is 4.40 Å². The van der Waals surface area contributed by atoms with Crippen molar-refractivity contribution in [3.05, 3.63) is 0 Å². The van der Waals surface area contributed by atoms with E-state index in [0.29, 0.717) is 19.4 Å². The van der Waals surface area contributed by atoms with Gasteiger partial charge in [-0.1, -0.05) is 0 Å². The third-order valence-electron chi connectivity index (χ3n) is 1.76. The molecule has 0 spiro atoms. The average molecular weight is 247 g/mol. The van der Waals surface area contributed by atoms with E-state index < -0.39 is 11.0 Å². The van der Waals surface area contributed by atoms with Crippen LogP contribution in [0.5, 0.6) is 0 Å². The zero-order valence-corrected chi connectivity index (χ0v) is 11.5. The van der Waals surface area contributed by atoms with Crippen LogP contribution in [-0.4, -0.2) is 27.2 Å². The summed E-state index contributed by atoms with van der Waals surface area (Å²) in [6, 6.07) is 0. The van der Waals surface area contributed by atoms with Gasteiger partial charge in [-0.2, -0.15) is 4.40 Å². The van der Waals surface area contributed by atoms with E-state index in [-0.39, 0.29) is 10.7 Å². The molecule has 0 amide bonds. The number of nitrogens with zero attached hydrogens (tertiary/aromatic N) is 1. The largest absolute Gasteiger partial charge is 0.466 e. The second-order valence-corrected chi connectivity index (χ2v) is 6.40. The number of carbonyl (C=O) groups is 1. The number of esters is 1. The van der Waals surface area contributed by atoms with Gasteiger partial charge in [0.05, 0.1) is 17.8 Å². The first-order chi connectivity index (χ1) is 7.27. The van der Waals surface area contributed by atoms with Gasteiger partial charge in [0.15, 0.2) is 0 Å². The van der Waals surface area contributed by atoms with E-state index in [1.807, 2.05) is 20.8 Å². The molecule has 0 aromatic heterocycles. The molecule has 0 N–H and O–H groups in total.